The zero-order valence-electron chi connectivity index (χ0n) is 44.2. The highest BCUT2D eigenvalue weighted by Crippen LogP contribution is 2.35. The van der Waals surface area contributed by atoms with E-state index in [-0.39, 0.29) is 38.4 Å². The fourth-order valence-corrected chi connectivity index (χ4v) is 7.10. The van der Waals surface area contributed by atoms with E-state index in [0.29, 0.717) is 12.8 Å². The molecular weight excluding hydrogens is 893 g/mol. The van der Waals surface area contributed by atoms with Crippen LogP contribution in [0.15, 0.2) is 188 Å². The van der Waals surface area contributed by atoms with Crippen molar-refractivity contribution in [2.75, 3.05) is 13.2 Å². The maximum absolute atomic E-state index is 14.1. The number of esters is 1. The number of carbonyl (C=O) groups excluding carboxylic acids is 4. The molecule has 0 spiro atoms. The SMILES string of the molecule is CC/C=C\C/C=C\C/C=C\C/C=C\C/C=C\C/C=C\CC(=O)NC(=O)CCNC(=O)[C@H](OC(c1ccccc1)c1ccccc1C)C(C)(C)COC(=O)CCC/C=C/C/C=C\C/C=C\C/C=C\C/C=C\CC. The van der Waals surface area contributed by atoms with Crippen LogP contribution < -0.4 is 10.6 Å². The predicted octanol–water partition coefficient (Wildman–Crippen LogP) is 15.2. The molecule has 2 N–H and O–H groups in total. The van der Waals surface area contributed by atoms with Crippen molar-refractivity contribution in [1.82, 2.24) is 10.6 Å². The Bertz CT molecular complexity index is 2160. The molecule has 8 nitrogen and oxygen atoms in total. The van der Waals surface area contributed by atoms with Gasteiger partial charge in [0.1, 0.15) is 12.2 Å². The van der Waals surface area contributed by atoms with Gasteiger partial charge in [0.25, 0.3) is 0 Å². The Hall–Kier alpha value is -6.38. The standard InChI is InChI=1S/C64H86N2O6/c1-6-8-10-12-14-16-18-20-22-24-26-27-29-31-33-35-37-42-50-58(67)66-59(68)52-53-65-63(70)62(72-61(56-47-40-39-41-48-56)57-49-45-44-46-55(57)3)64(4,5)54-71-60(69)51-43-38-36-34-32-30-28-25-23-21-19-17-15-13-11-9-7-2/h8-11,14-17,20-23,26-28,30-31,33-34,36-37,39-42,44-49,61-62H,6-7,12-13,18-19,24-25,29,32,35,38,43,50-54H2,1-5H3,(H,65,70)(H,66,67,68)/b10-8-,11-9-,16-14-,17-15-,22-20-,23-21-,27-26-,30-28-,33-31-,36-34+,42-37-/t61?,62-/m0/s1. The van der Waals surface area contributed by atoms with Crippen molar-refractivity contribution in [1.29, 1.82) is 0 Å². The van der Waals surface area contributed by atoms with Gasteiger partial charge in [-0.3, -0.25) is 24.5 Å². The summed E-state index contributed by atoms with van der Waals surface area (Å²) in [6.07, 6.45) is 56.8. The Labute approximate surface area is 434 Å². The number of hydrogen-bond donors (Lipinski definition) is 2. The number of aryl methyl sites for hydroxylation is 1. The van der Waals surface area contributed by atoms with Crippen LogP contribution in [0.4, 0.5) is 0 Å². The Morgan fingerprint density at radius 2 is 0.986 bits per heavy atom. The third-order valence-corrected chi connectivity index (χ3v) is 11.1. The predicted molar refractivity (Wildman–Crippen MR) is 301 cm³/mol. The van der Waals surface area contributed by atoms with Gasteiger partial charge in [-0.25, -0.2) is 0 Å². The van der Waals surface area contributed by atoms with Crippen molar-refractivity contribution in [3.63, 3.8) is 0 Å². The summed E-state index contributed by atoms with van der Waals surface area (Å²) in [5.41, 5.74) is 1.77. The van der Waals surface area contributed by atoms with Crippen molar-refractivity contribution in [2.24, 2.45) is 5.41 Å². The quantitative estimate of drug-likeness (QED) is 0.0396. The van der Waals surface area contributed by atoms with E-state index >= 15 is 0 Å². The minimum Gasteiger partial charge on any atom is -0.465 e. The minimum atomic E-state index is -1.09. The summed E-state index contributed by atoms with van der Waals surface area (Å²) in [5, 5.41) is 5.28. The van der Waals surface area contributed by atoms with Crippen molar-refractivity contribution >= 4 is 23.7 Å². The number of hydrogen-bond acceptors (Lipinski definition) is 6. The smallest absolute Gasteiger partial charge is 0.305 e. The molecule has 2 atom stereocenters. The molecule has 0 aliphatic rings. The number of benzene rings is 2. The minimum absolute atomic E-state index is 0.0241. The molecule has 2 aromatic rings. The highest BCUT2D eigenvalue weighted by molar-refractivity contribution is 5.96. The van der Waals surface area contributed by atoms with Gasteiger partial charge in [-0.05, 0) is 107 Å². The third-order valence-electron chi connectivity index (χ3n) is 11.1. The van der Waals surface area contributed by atoms with Crippen LogP contribution in [-0.2, 0) is 28.7 Å². The third kappa shape index (κ3) is 31.1. The fourth-order valence-electron chi connectivity index (χ4n) is 7.10. The van der Waals surface area contributed by atoms with Gasteiger partial charge in [-0.1, -0.05) is 216 Å². The lowest BCUT2D eigenvalue weighted by Crippen LogP contribution is -2.49. The number of amides is 3. The Kier molecular flexibility index (Phi) is 35.4. The molecule has 2 aromatic carbocycles. The molecule has 0 bridgehead atoms. The molecule has 3 amide bonds. The van der Waals surface area contributed by atoms with E-state index in [1.807, 2.05) is 87.5 Å². The summed E-state index contributed by atoms with van der Waals surface area (Å²) < 4.78 is 12.6. The van der Waals surface area contributed by atoms with Gasteiger partial charge in [0.2, 0.25) is 17.7 Å². The van der Waals surface area contributed by atoms with Gasteiger partial charge >= 0.3 is 5.97 Å². The van der Waals surface area contributed by atoms with Gasteiger partial charge in [-0.2, -0.15) is 0 Å². The van der Waals surface area contributed by atoms with Crippen molar-refractivity contribution in [2.45, 2.75) is 150 Å². The Morgan fingerprint density at radius 1 is 0.542 bits per heavy atom. The summed E-state index contributed by atoms with van der Waals surface area (Å²) in [6, 6.07) is 17.6. The van der Waals surface area contributed by atoms with E-state index in [0.717, 1.165) is 87.3 Å². The number of ether oxygens (including phenoxy) is 2. The summed E-state index contributed by atoms with van der Waals surface area (Å²) in [5.74, 6) is -1.72. The largest absolute Gasteiger partial charge is 0.465 e. The molecule has 0 aromatic heterocycles. The molecular formula is C64H86N2O6. The summed E-state index contributed by atoms with van der Waals surface area (Å²) in [7, 11) is 0. The Morgan fingerprint density at radius 3 is 1.47 bits per heavy atom. The number of unbranched alkanes of at least 4 members (excludes halogenated alkanes) is 1. The number of nitrogens with one attached hydrogen (secondary N) is 2. The van der Waals surface area contributed by atoms with E-state index in [4.69, 9.17) is 9.47 Å². The topological polar surface area (TPSA) is 111 Å². The van der Waals surface area contributed by atoms with Crippen molar-refractivity contribution in [3.05, 3.63) is 205 Å². The van der Waals surface area contributed by atoms with Crippen LogP contribution in [0.2, 0.25) is 0 Å². The lowest BCUT2D eigenvalue weighted by atomic mass is 9.85. The van der Waals surface area contributed by atoms with Crippen LogP contribution in [0.3, 0.4) is 0 Å². The first kappa shape index (κ1) is 61.7. The van der Waals surface area contributed by atoms with Gasteiger partial charge in [0.05, 0.1) is 6.61 Å². The van der Waals surface area contributed by atoms with Crippen LogP contribution in [-0.4, -0.2) is 42.9 Å². The maximum Gasteiger partial charge on any atom is 0.305 e. The first-order valence-corrected chi connectivity index (χ1v) is 26.3. The van der Waals surface area contributed by atoms with Crippen LogP contribution >= 0.6 is 0 Å². The van der Waals surface area contributed by atoms with Crippen molar-refractivity contribution < 1.29 is 28.7 Å². The van der Waals surface area contributed by atoms with Gasteiger partial charge in [0.15, 0.2) is 0 Å². The zero-order valence-corrected chi connectivity index (χ0v) is 44.2. The van der Waals surface area contributed by atoms with Gasteiger partial charge < -0.3 is 14.8 Å². The highest BCUT2D eigenvalue weighted by Gasteiger charge is 2.40. The first-order valence-electron chi connectivity index (χ1n) is 26.3. The molecule has 1 unspecified atom stereocenters. The van der Waals surface area contributed by atoms with Gasteiger partial charge in [0, 0.05) is 31.2 Å². The van der Waals surface area contributed by atoms with E-state index in [1.54, 1.807) is 6.08 Å². The van der Waals surface area contributed by atoms with Crippen LogP contribution in [0.1, 0.15) is 153 Å². The molecule has 0 heterocycles. The lowest BCUT2D eigenvalue weighted by molar-refractivity contribution is -0.160. The van der Waals surface area contributed by atoms with Crippen LogP contribution in [0.5, 0.6) is 0 Å². The number of allylic oxidation sites excluding steroid dienone is 21. The van der Waals surface area contributed by atoms with E-state index in [1.165, 1.54) is 0 Å². The summed E-state index contributed by atoms with van der Waals surface area (Å²) >= 11 is 0. The first-order chi connectivity index (χ1) is 35.1. The molecule has 388 valence electrons. The normalized spacial score (nSPS) is 13.6. The average Bonchev–Trinajstić information content (AvgIpc) is 3.37. The average molecular weight is 979 g/mol. The summed E-state index contributed by atoms with van der Waals surface area (Å²) in [6.45, 7) is 9.86. The van der Waals surface area contributed by atoms with Crippen LogP contribution in [0.25, 0.3) is 0 Å². The molecule has 72 heavy (non-hydrogen) atoms. The molecule has 0 fully saturated rings. The molecule has 0 radical (unpaired) electrons. The molecule has 8 heteroatoms. The number of carbonyl (C=O) groups is 4. The lowest BCUT2D eigenvalue weighted by Gasteiger charge is -2.36. The molecule has 0 aliphatic carbocycles. The van der Waals surface area contributed by atoms with Gasteiger partial charge in [-0.15, -0.1) is 0 Å². The van der Waals surface area contributed by atoms with Crippen LogP contribution in [0, 0.1) is 12.3 Å². The van der Waals surface area contributed by atoms with Crippen molar-refractivity contribution in [3.8, 4) is 0 Å². The zero-order chi connectivity index (χ0) is 52.2. The number of rotatable bonds is 37. The monoisotopic (exact) mass is 979 g/mol. The fraction of sp³-hybridized carbons (Fsp3) is 0.406. The molecule has 0 aliphatic heterocycles. The van der Waals surface area contributed by atoms with E-state index < -0.39 is 35.3 Å². The van der Waals surface area contributed by atoms with E-state index in [2.05, 4.69) is 140 Å². The number of imide groups is 1. The van der Waals surface area contributed by atoms with E-state index in [9.17, 15) is 19.2 Å². The summed E-state index contributed by atoms with van der Waals surface area (Å²) in [4.78, 5) is 52.5. The Balaban J connectivity index is 1.88. The maximum atomic E-state index is 14.1. The highest BCUT2D eigenvalue weighted by atomic mass is 16.5. The molecule has 2 rings (SSSR count). The second-order valence-electron chi connectivity index (χ2n) is 18.0. The molecule has 0 saturated carbocycles. The second-order valence-corrected chi connectivity index (χ2v) is 18.0. The molecule has 0 saturated heterocycles. The second kappa shape index (κ2) is 41.3.